The minimum absolute atomic E-state index is 0. The standard InChI is InChI=1S/C11H12F.CH5N.Al.Li.3H/c1-3-4-9(2)10-5-7-11(12)8-6-10;1-2;;;;;/h3,5-9H,1-2,4H2;2H2,1H3;;;;;/q-1;;+3;+1;3*-1. The second kappa shape index (κ2) is 13.0. The minimum Gasteiger partial charge on any atom is -1.00 e. The fourth-order valence-electron chi connectivity index (χ4n) is 1.07. The van der Waals surface area contributed by atoms with Crippen LogP contribution in [-0.2, 0) is 0 Å². The van der Waals surface area contributed by atoms with Gasteiger partial charge in [-0.05, 0) is 19.2 Å². The number of rotatable bonds is 3. The van der Waals surface area contributed by atoms with Crippen LogP contribution in [-0.4, -0.2) is 24.4 Å². The Morgan fingerprint density at radius 1 is 1.44 bits per heavy atom. The minimum atomic E-state index is -0.204. The molecular weight excluding hydrogens is 211 g/mol. The molecule has 0 bridgehead atoms. The zero-order chi connectivity index (χ0) is 11.0. The van der Waals surface area contributed by atoms with Gasteiger partial charge in [-0.15, -0.1) is 12.5 Å². The number of nitrogens with two attached hydrogens (primary N) is 1. The first-order valence-corrected chi connectivity index (χ1v) is 4.51. The van der Waals surface area contributed by atoms with E-state index in [0.29, 0.717) is 0 Å². The van der Waals surface area contributed by atoms with E-state index in [9.17, 15) is 4.39 Å². The molecule has 1 aromatic carbocycles. The van der Waals surface area contributed by atoms with Crippen LogP contribution in [0, 0.1) is 12.7 Å². The van der Waals surface area contributed by atoms with Gasteiger partial charge in [0.15, 0.2) is 0 Å². The van der Waals surface area contributed by atoms with Crippen molar-refractivity contribution in [1.82, 2.24) is 0 Å². The van der Waals surface area contributed by atoms with E-state index in [-0.39, 0.29) is 52.2 Å². The maximum Gasteiger partial charge on any atom is 3.00 e. The van der Waals surface area contributed by atoms with Gasteiger partial charge in [0.25, 0.3) is 0 Å². The molecule has 0 spiro atoms. The van der Waals surface area contributed by atoms with Crippen molar-refractivity contribution >= 4 is 17.4 Å². The van der Waals surface area contributed by atoms with Crippen molar-refractivity contribution in [2.24, 2.45) is 5.73 Å². The molecule has 0 radical (unpaired) electrons. The molecule has 4 heteroatoms. The van der Waals surface area contributed by atoms with Crippen LogP contribution in [0.3, 0.4) is 0 Å². The summed E-state index contributed by atoms with van der Waals surface area (Å²) in [6.07, 6.45) is 2.65. The third-order valence-electron chi connectivity index (χ3n) is 1.79. The summed E-state index contributed by atoms with van der Waals surface area (Å²) in [5.41, 5.74) is 5.55. The Labute approximate surface area is 125 Å². The average Bonchev–Trinajstić information content (AvgIpc) is 2.22. The molecule has 0 aliphatic rings. The van der Waals surface area contributed by atoms with Gasteiger partial charge in [-0.1, -0.05) is 30.2 Å². The monoisotopic (exact) mass is 231 g/mol. The van der Waals surface area contributed by atoms with Gasteiger partial charge in [-0.25, -0.2) is 4.39 Å². The largest absolute Gasteiger partial charge is 3.00 e. The molecule has 0 heterocycles. The van der Waals surface area contributed by atoms with Gasteiger partial charge in [0, 0.05) is 0 Å². The van der Waals surface area contributed by atoms with Gasteiger partial charge in [-0.3, -0.25) is 0 Å². The Bertz CT molecular complexity index is 276. The van der Waals surface area contributed by atoms with Crippen molar-refractivity contribution in [2.45, 2.75) is 12.3 Å². The van der Waals surface area contributed by atoms with Gasteiger partial charge in [0.05, 0.1) is 0 Å². The summed E-state index contributed by atoms with van der Waals surface area (Å²) >= 11 is 0. The van der Waals surface area contributed by atoms with Gasteiger partial charge in [0.1, 0.15) is 5.82 Å². The molecular formula is C12H20AlFLiN. The second-order valence-corrected chi connectivity index (χ2v) is 2.77. The number of allylic oxidation sites excluding steroid dienone is 1. The Kier molecular flexibility index (Phi) is 17.4. The number of hydrogen-bond donors (Lipinski definition) is 1. The van der Waals surface area contributed by atoms with Crippen LogP contribution in [0.2, 0.25) is 0 Å². The Morgan fingerprint density at radius 2 is 1.88 bits per heavy atom. The van der Waals surface area contributed by atoms with E-state index in [2.05, 4.69) is 19.2 Å². The summed E-state index contributed by atoms with van der Waals surface area (Å²) < 4.78 is 12.5. The van der Waals surface area contributed by atoms with Crippen molar-refractivity contribution in [3.63, 3.8) is 0 Å². The molecule has 0 aromatic heterocycles. The fraction of sp³-hybridized carbons (Fsp3) is 0.250. The molecule has 0 aliphatic carbocycles. The zero-order valence-corrected chi connectivity index (χ0v) is 11.3. The molecule has 0 aliphatic heterocycles. The van der Waals surface area contributed by atoms with Crippen LogP contribution in [0.5, 0.6) is 0 Å². The first kappa shape index (κ1) is 21.3. The van der Waals surface area contributed by atoms with Crippen molar-refractivity contribution in [1.29, 1.82) is 0 Å². The van der Waals surface area contributed by atoms with Crippen LogP contribution >= 0.6 is 0 Å². The van der Waals surface area contributed by atoms with E-state index in [1.165, 1.54) is 19.2 Å². The molecule has 0 saturated carbocycles. The number of hydrogen-bond acceptors (Lipinski definition) is 1. The molecule has 16 heavy (non-hydrogen) atoms. The maximum absolute atomic E-state index is 12.5. The average molecular weight is 231 g/mol. The molecule has 1 atom stereocenters. The van der Waals surface area contributed by atoms with E-state index in [1.807, 2.05) is 6.08 Å². The molecule has 1 unspecified atom stereocenters. The van der Waals surface area contributed by atoms with Crippen molar-refractivity contribution < 1.29 is 27.5 Å². The molecule has 1 nitrogen and oxygen atoms in total. The quantitative estimate of drug-likeness (QED) is 0.437. The van der Waals surface area contributed by atoms with Crippen LogP contribution in [0.25, 0.3) is 0 Å². The number of halogens is 1. The van der Waals surface area contributed by atoms with E-state index >= 15 is 0 Å². The molecule has 0 saturated heterocycles. The van der Waals surface area contributed by atoms with Crippen LogP contribution in [0.1, 0.15) is 22.2 Å². The summed E-state index contributed by atoms with van der Waals surface area (Å²) in [7, 11) is 1.50. The second-order valence-electron chi connectivity index (χ2n) is 2.77. The van der Waals surface area contributed by atoms with Gasteiger partial charge >= 0.3 is 36.2 Å². The van der Waals surface area contributed by atoms with Crippen LogP contribution in [0.4, 0.5) is 4.39 Å². The third-order valence-corrected chi connectivity index (χ3v) is 1.79. The Balaban J connectivity index is -0.0000000576. The normalized spacial score (nSPS) is 9.75. The van der Waals surface area contributed by atoms with Gasteiger partial charge in [0.2, 0.25) is 0 Å². The summed E-state index contributed by atoms with van der Waals surface area (Å²) in [6, 6.07) is 6.43. The van der Waals surface area contributed by atoms with Crippen LogP contribution < -0.4 is 24.6 Å². The maximum atomic E-state index is 12.5. The smallest absolute Gasteiger partial charge is 1.00 e. The SMILES string of the molecule is C=CCC([CH2-])c1ccc(F)cc1.CN.[Al+3].[H-].[H-].[H-].[Li+]. The predicted molar refractivity (Wildman–Crippen MR) is 68.5 cm³/mol. The van der Waals surface area contributed by atoms with Crippen LogP contribution in [0.15, 0.2) is 36.9 Å². The van der Waals surface area contributed by atoms with Gasteiger partial charge in [-0.2, -0.15) is 0 Å². The topological polar surface area (TPSA) is 26.0 Å². The fourth-order valence-corrected chi connectivity index (χ4v) is 1.07. The first-order valence-electron chi connectivity index (χ1n) is 4.51. The zero-order valence-electron chi connectivity index (χ0n) is 13.1. The first-order chi connectivity index (χ1) is 6.74. The van der Waals surface area contributed by atoms with E-state index in [1.54, 1.807) is 12.1 Å². The van der Waals surface area contributed by atoms with E-state index in [0.717, 1.165) is 12.0 Å². The Morgan fingerprint density at radius 3 is 2.25 bits per heavy atom. The molecule has 1 rings (SSSR count). The van der Waals surface area contributed by atoms with Crippen molar-refractivity contribution in [3.8, 4) is 0 Å². The summed E-state index contributed by atoms with van der Waals surface area (Å²) in [6.45, 7) is 7.56. The molecule has 1 aromatic rings. The summed E-state index contributed by atoms with van der Waals surface area (Å²) in [5.74, 6) is -0.0207. The van der Waals surface area contributed by atoms with Crippen molar-refractivity contribution in [3.05, 3.63) is 55.2 Å². The van der Waals surface area contributed by atoms with E-state index < -0.39 is 0 Å². The molecule has 2 N–H and O–H groups in total. The molecule has 0 fully saturated rings. The summed E-state index contributed by atoms with van der Waals surface area (Å²) in [5, 5.41) is 0. The van der Waals surface area contributed by atoms with E-state index in [4.69, 9.17) is 0 Å². The van der Waals surface area contributed by atoms with Gasteiger partial charge < -0.3 is 16.9 Å². The third kappa shape index (κ3) is 8.17. The predicted octanol–water partition coefficient (Wildman–Crippen LogP) is -0.145. The molecule has 84 valence electrons. The molecule has 0 amide bonds. The summed E-state index contributed by atoms with van der Waals surface area (Å²) in [4.78, 5) is 0. The number of benzene rings is 1. The Hall–Kier alpha value is -0.0201. The van der Waals surface area contributed by atoms with Crippen molar-refractivity contribution in [2.75, 3.05) is 7.05 Å².